The molecule has 26 heavy (non-hydrogen) atoms. The molecule has 2 aliphatic rings. The smallest absolute Gasteiger partial charge is 0.163 e. The van der Waals surface area contributed by atoms with Gasteiger partial charge in [0.1, 0.15) is 30.7 Å². The number of nitrogens with one attached hydrogen (secondary N) is 2. The van der Waals surface area contributed by atoms with E-state index in [0.29, 0.717) is 42.8 Å². The molecule has 138 valence electrons. The summed E-state index contributed by atoms with van der Waals surface area (Å²) in [5, 5.41) is 6.43. The molecule has 9 heteroatoms. The second-order valence-corrected chi connectivity index (χ2v) is 8.64. The summed E-state index contributed by atoms with van der Waals surface area (Å²) in [7, 11) is -2.94. The second-order valence-electron chi connectivity index (χ2n) is 6.41. The van der Waals surface area contributed by atoms with E-state index in [-0.39, 0.29) is 17.5 Å². The molecule has 1 unspecified atom stereocenters. The van der Waals surface area contributed by atoms with Crippen LogP contribution in [0.2, 0.25) is 0 Å². The molecule has 0 bridgehead atoms. The predicted octanol–water partition coefficient (Wildman–Crippen LogP) is 1.90. The summed E-state index contributed by atoms with van der Waals surface area (Å²) in [5.74, 6) is 3.61. The van der Waals surface area contributed by atoms with Crippen LogP contribution >= 0.6 is 0 Å². The van der Waals surface area contributed by atoms with Crippen LogP contribution < -0.4 is 20.1 Å². The van der Waals surface area contributed by atoms with Crippen LogP contribution in [0.4, 0.5) is 17.3 Å². The number of nitrogens with zero attached hydrogens (tertiary/aromatic N) is 2. The molecule has 0 spiro atoms. The number of anilines is 3. The van der Waals surface area contributed by atoms with Gasteiger partial charge < -0.3 is 20.1 Å². The van der Waals surface area contributed by atoms with Crippen molar-refractivity contribution in [3.63, 3.8) is 0 Å². The molecule has 1 aromatic carbocycles. The molecule has 0 aliphatic carbocycles. The van der Waals surface area contributed by atoms with E-state index in [2.05, 4.69) is 20.6 Å². The lowest BCUT2D eigenvalue weighted by atomic mass is 10.2. The van der Waals surface area contributed by atoms with Gasteiger partial charge >= 0.3 is 0 Å². The van der Waals surface area contributed by atoms with Crippen molar-refractivity contribution in [2.45, 2.75) is 19.4 Å². The van der Waals surface area contributed by atoms with Crippen LogP contribution in [-0.2, 0) is 9.84 Å². The van der Waals surface area contributed by atoms with E-state index in [0.717, 1.165) is 11.4 Å². The average molecular weight is 376 g/mol. The Morgan fingerprint density at radius 2 is 1.85 bits per heavy atom. The van der Waals surface area contributed by atoms with Crippen LogP contribution in [0.5, 0.6) is 11.5 Å². The minimum atomic E-state index is -2.94. The van der Waals surface area contributed by atoms with Crippen molar-refractivity contribution in [3.05, 3.63) is 30.1 Å². The van der Waals surface area contributed by atoms with Crippen molar-refractivity contribution >= 4 is 27.2 Å². The van der Waals surface area contributed by atoms with Crippen LogP contribution in [0.3, 0.4) is 0 Å². The lowest BCUT2D eigenvalue weighted by Crippen LogP contribution is -2.21. The van der Waals surface area contributed by atoms with Gasteiger partial charge in [0.15, 0.2) is 21.3 Å². The number of hydrogen-bond acceptors (Lipinski definition) is 8. The summed E-state index contributed by atoms with van der Waals surface area (Å²) in [6, 6.07) is 7.27. The quantitative estimate of drug-likeness (QED) is 0.834. The monoisotopic (exact) mass is 376 g/mol. The number of hydrogen-bond donors (Lipinski definition) is 2. The molecule has 2 aromatic rings. The van der Waals surface area contributed by atoms with Gasteiger partial charge in [0.05, 0.1) is 11.5 Å². The molecule has 1 atom stereocenters. The Balaban J connectivity index is 1.51. The first-order valence-electron chi connectivity index (χ1n) is 8.46. The standard InChI is InChI=1S/C17H20N4O4S/c1-11-18-16(9-17(19-11)21-13-4-7-26(22,23)10-13)20-12-2-3-14-15(8-12)25-6-5-24-14/h2-3,8-9,13H,4-7,10H2,1H3,(H2,18,19,20,21). The summed E-state index contributed by atoms with van der Waals surface area (Å²) in [5.41, 5.74) is 0.821. The molecule has 2 aliphatic heterocycles. The molecule has 4 rings (SSSR count). The summed E-state index contributed by atoms with van der Waals surface area (Å²) in [4.78, 5) is 8.75. The number of fused-ring (bicyclic) bond motifs is 1. The van der Waals surface area contributed by atoms with Gasteiger partial charge in [-0.25, -0.2) is 18.4 Å². The lowest BCUT2D eigenvalue weighted by Gasteiger charge is -2.19. The SMILES string of the molecule is Cc1nc(Nc2ccc3c(c2)OCCO3)cc(NC2CCS(=O)(=O)C2)n1. The molecule has 3 heterocycles. The molecule has 1 fully saturated rings. The fraction of sp³-hybridized carbons (Fsp3) is 0.412. The molecule has 0 radical (unpaired) electrons. The molecule has 0 saturated carbocycles. The number of benzene rings is 1. The van der Waals surface area contributed by atoms with Crippen LogP contribution in [0, 0.1) is 6.92 Å². The maximum absolute atomic E-state index is 11.6. The first-order chi connectivity index (χ1) is 12.5. The minimum absolute atomic E-state index is 0.114. The van der Waals surface area contributed by atoms with Crippen molar-refractivity contribution in [2.24, 2.45) is 0 Å². The second kappa shape index (κ2) is 6.64. The van der Waals surface area contributed by atoms with Crippen molar-refractivity contribution in [3.8, 4) is 11.5 Å². The van der Waals surface area contributed by atoms with E-state index in [1.54, 1.807) is 13.0 Å². The number of aryl methyl sites for hydroxylation is 1. The van der Waals surface area contributed by atoms with Crippen molar-refractivity contribution < 1.29 is 17.9 Å². The van der Waals surface area contributed by atoms with Gasteiger partial charge in [-0.3, -0.25) is 0 Å². The maximum Gasteiger partial charge on any atom is 0.163 e. The fourth-order valence-electron chi connectivity index (χ4n) is 3.09. The number of sulfone groups is 1. The van der Waals surface area contributed by atoms with E-state index in [9.17, 15) is 8.42 Å². The molecular weight excluding hydrogens is 356 g/mol. The number of aromatic nitrogens is 2. The van der Waals surface area contributed by atoms with Crippen LogP contribution in [-0.4, -0.2) is 49.1 Å². The summed E-state index contributed by atoms with van der Waals surface area (Å²) in [6.45, 7) is 2.88. The van der Waals surface area contributed by atoms with Crippen molar-refractivity contribution in [1.82, 2.24) is 9.97 Å². The Bertz CT molecular complexity index is 932. The molecular formula is C17H20N4O4S. The Morgan fingerprint density at radius 1 is 1.08 bits per heavy atom. The highest BCUT2D eigenvalue weighted by atomic mass is 32.2. The summed E-state index contributed by atoms with van der Waals surface area (Å²) < 4.78 is 34.3. The zero-order valence-electron chi connectivity index (χ0n) is 14.4. The Kier molecular flexibility index (Phi) is 4.31. The third-order valence-corrected chi connectivity index (χ3v) is 6.00. The van der Waals surface area contributed by atoms with Crippen molar-refractivity contribution in [1.29, 1.82) is 0 Å². The van der Waals surface area contributed by atoms with Crippen LogP contribution in [0.25, 0.3) is 0 Å². The normalized spacial score (nSPS) is 20.6. The molecule has 8 nitrogen and oxygen atoms in total. The third kappa shape index (κ3) is 3.82. The zero-order chi connectivity index (χ0) is 18.1. The van der Waals surface area contributed by atoms with E-state index >= 15 is 0 Å². The van der Waals surface area contributed by atoms with Crippen molar-refractivity contribution in [2.75, 3.05) is 35.4 Å². The highest BCUT2D eigenvalue weighted by molar-refractivity contribution is 7.91. The zero-order valence-corrected chi connectivity index (χ0v) is 15.2. The largest absolute Gasteiger partial charge is 0.486 e. The number of rotatable bonds is 4. The highest BCUT2D eigenvalue weighted by Crippen LogP contribution is 2.33. The van der Waals surface area contributed by atoms with E-state index < -0.39 is 9.84 Å². The number of ether oxygens (including phenoxy) is 2. The van der Waals surface area contributed by atoms with Crippen LogP contribution in [0.15, 0.2) is 24.3 Å². The Morgan fingerprint density at radius 3 is 2.62 bits per heavy atom. The maximum atomic E-state index is 11.6. The predicted molar refractivity (Wildman–Crippen MR) is 98.2 cm³/mol. The van der Waals surface area contributed by atoms with Gasteiger partial charge in [0, 0.05) is 23.9 Å². The highest BCUT2D eigenvalue weighted by Gasteiger charge is 2.28. The molecule has 1 aromatic heterocycles. The topological polar surface area (TPSA) is 102 Å². The Labute approximate surface area is 151 Å². The average Bonchev–Trinajstić information content (AvgIpc) is 2.92. The fourth-order valence-corrected chi connectivity index (χ4v) is 4.77. The van der Waals surface area contributed by atoms with E-state index in [1.807, 2.05) is 18.2 Å². The lowest BCUT2D eigenvalue weighted by molar-refractivity contribution is 0.171. The van der Waals surface area contributed by atoms with Gasteiger partial charge in [-0.1, -0.05) is 0 Å². The summed E-state index contributed by atoms with van der Waals surface area (Å²) in [6.07, 6.45) is 0.594. The molecule has 0 amide bonds. The Hall–Kier alpha value is -2.55. The summed E-state index contributed by atoms with van der Waals surface area (Å²) >= 11 is 0. The first-order valence-corrected chi connectivity index (χ1v) is 10.3. The van der Waals surface area contributed by atoms with Gasteiger partial charge in [-0.05, 0) is 25.5 Å². The van der Waals surface area contributed by atoms with Crippen LogP contribution in [0.1, 0.15) is 12.2 Å². The third-order valence-electron chi connectivity index (χ3n) is 4.24. The molecule has 2 N–H and O–H groups in total. The van der Waals surface area contributed by atoms with Gasteiger partial charge in [0.2, 0.25) is 0 Å². The van der Waals surface area contributed by atoms with Gasteiger partial charge in [-0.15, -0.1) is 0 Å². The van der Waals surface area contributed by atoms with E-state index in [1.165, 1.54) is 0 Å². The van der Waals surface area contributed by atoms with Gasteiger partial charge in [-0.2, -0.15) is 0 Å². The van der Waals surface area contributed by atoms with E-state index in [4.69, 9.17) is 9.47 Å². The molecule has 1 saturated heterocycles. The minimum Gasteiger partial charge on any atom is -0.486 e. The van der Waals surface area contributed by atoms with Gasteiger partial charge in [0.25, 0.3) is 0 Å². The first kappa shape index (κ1) is 16.9.